The van der Waals surface area contributed by atoms with Gasteiger partial charge < -0.3 is 9.84 Å². The van der Waals surface area contributed by atoms with Crippen molar-refractivity contribution in [3.63, 3.8) is 0 Å². The number of aromatic nitrogens is 3. The number of carbonyl (C=O) groups is 1. The van der Waals surface area contributed by atoms with E-state index in [1.807, 2.05) is 6.92 Å². The third-order valence-corrected chi connectivity index (χ3v) is 2.99. The Morgan fingerprint density at radius 3 is 2.85 bits per heavy atom. The fourth-order valence-electron chi connectivity index (χ4n) is 1.74. The van der Waals surface area contributed by atoms with Crippen molar-refractivity contribution in [3.8, 4) is 5.75 Å². The Morgan fingerprint density at radius 1 is 1.45 bits per heavy atom. The highest BCUT2D eigenvalue weighted by molar-refractivity contribution is 6.32. The summed E-state index contributed by atoms with van der Waals surface area (Å²) in [4.78, 5) is 11.1. The van der Waals surface area contributed by atoms with Gasteiger partial charge in [-0.25, -0.2) is 9.48 Å². The maximum absolute atomic E-state index is 11.1. The van der Waals surface area contributed by atoms with Crippen LogP contribution in [0.2, 0.25) is 5.02 Å². The molecule has 0 spiro atoms. The molecule has 0 atom stereocenters. The molecule has 1 aromatic heterocycles. The zero-order valence-electron chi connectivity index (χ0n) is 10.9. The van der Waals surface area contributed by atoms with Crippen LogP contribution in [0.15, 0.2) is 24.3 Å². The number of benzene rings is 1. The molecule has 106 valence electrons. The first-order valence-electron chi connectivity index (χ1n) is 6.16. The summed E-state index contributed by atoms with van der Waals surface area (Å²) in [6.07, 6.45) is 0.821. The minimum Gasteiger partial charge on any atom is -0.486 e. The van der Waals surface area contributed by atoms with Crippen molar-refractivity contribution in [3.05, 3.63) is 40.7 Å². The van der Waals surface area contributed by atoms with E-state index in [9.17, 15) is 4.79 Å². The Hall–Kier alpha value is -2.08. The predicted octanol–water partition coefficient (Wildman–Crippen LogP) is 2.62. The first kappa shape index (κ1) is 14.3. The van der Waals surface area contributed by atoms with Crippen LogP contribution >= 0.6 is 11.6 Å². The lowest BCUT2D eigenvalue weighted by Crippen LogP contribution is -2.11. The van der Waals surface area contributed by atoms with E-state index in [1.54, 1.807) is 28.9 Å². The molecule has 0 fully saturated rings. The van der Waals surface area contributed by atoms with Gasteiger partial charge in [0.1, 0.15) is 18.1 Å². The fourth-order valence-corrected chi connectivity index (χ4v) is 1.93. The van der Waals surface area contributed by atoms with Crippen LogP contribution in [-0.4, -0.2) is 26.1 Å². The summed E-state index contributed by atoms with van der Waals surface area (Å²) in [6, 6.07) is 7.01. The van der Waals surface area contributed by atoms with E-state index in [0.29, 0.717) is 23.0 Å². The number of ether oxygens (including phenoxy) is 1. The molecule has 0 bridgehead atoms. The summed E-state index contributed by atoms with van der Waals surface area (Å²) in [6.45, 7) is 2.61. The van der Waals surface area contributed by atoms with Crippen LogP contribution in [0, 0.1) is 0 Å². The number of aromatic carboxylic acids is 1. The number of aryl methyl sites for hydroxylation is 1. The molecular formula is C13H14ClN3O3. The third kappa shape index (κ3) is 3.08. The molecule has 0 aliphatic heterocycles. The van der Waals surface area contributed by atoms with Gasteiger partial charge in [0.25, 0.3) is 0 Å². The van der Waals surface area contributed by atoms with Gasteiger partial charge in [-0.2, -0.15) is 0 Å². The molecule has 1 aromatic carbocycles. The number of hydrogen-bond donors (Lipinski definition) is 1. The summed E-state index contributed by atoms with van der Waals surface area (Å²) in [5.41, 5.74) is 0.338. The van der Waals surface area contributed by atoms with Gasteiger partial charge in [-0.1, -0.05) is 35.9 Å². The summed E-state index contributed by atoms with van der Waals surface area (Å²) >= 11 is 5.99. The van der Waals surface area contributed by atoms with Gasteiger partial charge in [0.2, 0.25) is 0 Å². The maximum Gasteiger partial charge on any atom is 0.358 e. The minimum atomic E-state index is -1.12. The fraction of sp³-hybridized carbons (Fsp3) is 0.308. The standard InChI is InChI=1S/C13H14ClN3O3/c1-2-7-17-10(12(13(18)19)15-16-17)8-20-11-6-4-3-5-9(11)14/h3-6H,2,7-8H2,1H3,(H,18,19). The second kappa shape index (κ2) is 6.38. The predicted molar refractivity (Wildman–Crippen MR) is 73.1 cm³/mol. The molecule has 6 nitrogen and oxygen atoms in total. The molecule has 7 heteroatoms. The number of hydrogen-bond acceptors (Lipinski definition) is 4. The van der Waals surface area contributed by atoms with E-state index in [0.717, 1.165) is 6.42 Å². The molecule has 0 saturated heterocycles. The van der Waals surface area contributed by atoms with Gasteiger partial charge >= 0.3 is 5.97 Å². The highest BCUT2D eigenvalue weighted by atomic mass is 35.5. The van der Waals surface area contributed by atoms with E-state index in [2.05, 4.69) is 10.3 Å². The maximum atomic E-state index is 11.1. The van der Waals surface area contributed by atoms with E-state index in [-0.39, 0.29) is 12.3 Å². The average molecular weight is 296 g/mol. The van der Waals surface area contributed by atoms with E-state index >= 15 is 0 Å². The third-order valence-electron chi connectivity index (χ3n) is 2.68. The molecule has 0 aliphatic carbocycles. The summed E-state index contributed by atoms with van der Waals surface area (Å²) in [7, 11) is 0. The smallest absolute Gasteiger partial charge is 0.358 e. The molecule has 1 heterocycles. The van der Waals surface area contributed by atoms with Crippen LogP contribution in [0.1, 0.15) is 29.5 Å². The normalized spacial score (nSPS) is 10.5. The Labute approximate surface area is 120 Å². The number of carboxylic acids is 1. The van der Waals surface area contributed by atoms with Gasteiger partial charge in [0, 0.05) is 6.54 Å². The molecule has 0 saturated carbocycles. The molecule has 0 aliphatic rings. The van der Waals surface area contributed by atoms with Gasteiger partial charge in [0.05, 0.1) is 5.02 Å². The van der Waals surface area contributed by atoms with Gasteiger partial charge in [-0.15, -0.1) is 5.10 Å². The van der Waals surface area contributed by atoms with E-state index in [4.69, 9.17) is 21.4 Å². The van der Waals surface area contributed by atoms with Crippen LogP contribution in [0.5, 0.6) is 5.75 Å². The zero-order chi connectivity index (χ0) is 14.5. The largest absolute Gasteiger partial charge is 0.486 e. The van der Waals surface area contributed by atoms with Crippen molar-refractivity contribution < 1.29 is 14.6 Å². The summed E-state index contributed by atoms with van der Waals surface area (Å²) in [5.74, 6) is -0.625. The summed E-state index contributed by atoms with van der Waals surface area (Å²) < 4.78 is 7.10. The van der Waals surface area contributed by atoms with Crippen molar-refractivity contribution >= 4 is 17.6 Å². The van der Waals surface area contributed by atoms with Gasteiger partial charge in [-0.3, -0.25) is 0 Å². The number of halogens is 1. The lowest BCUT2D eigenvalue weighted by Gasteiger charge is -2.09. The molecule has 0 amide bonds. The van der Waals surface area contributed by atoms with E-state index < -0.39 is 5.97 Å². The molecule has 20 heavy (non-hydrogen) atoms. The van der Waals surface area contributed by atoms with E-state index in [1.165, 1.54) is 0 Å². The Morgan fingerprint density at radius 2 is 2.20 bits per heavy atom. The average Bonchev–Trinajstić information content (AvgIpc) is 2.81. The highest BCUT2D eigenvalue weighted by Crippen LogP contribution is 2.24. The van der Waals surface area contributed by atoms with Crippen LogP contribution in [-0.2, 0) is 13.2 Å². The monoisotopic (exact) mass is 295 g/mol. The van der Waals surface area contributed by atoms with Crippen molar-refractivity contribution in [2.75, 3.05) is 0 Å². The molecule has 2 aromatic rings. The van der Waals surface area contributed by atoms with Crippen molar-refractivity contribution in [2.45, 2.75) is 26.5 Å². The first-order chi connectivity index (χ1) is 9.63. The molecular weight excluding hydrogens is 282 g/mol. The quantitative estimate of drug-likeness (QED) is 0.886. The SMILES string of the molecule is CCCn1nnc(C(=O)O)c1COc1ccccc1Cl. The van der Waals surface area contributed by atoms with Crippen LogP contribution in [0.25, 0.3) is 0 Å². The second-order valence-electron chi connectivity index (χ2n) is 4.13. The van der Waals surface area contributed by atoms with Crippen LogP contribution < -0.4 is 4.74 Å². The Bertz CT molecular complexity index is 613. The molecule has 2 rings (SSSR count). The number of carboxylic acid groups (broad SMARTS) is 1. The topological polar surface area (TPSA) is 77.2 Å². The van der Waals surface area contributed by atoms with Crippen LogP contribution in [0.4, 0.5) is 0 Å². The Kier molecular flexibility index (Phi) is 4.57. The minimum absolute atomic E-state index is 0.0539. The van der Waals surface area contributed by atoms with Gasteiger partial charge in [-0.05, 0) is 18.6 Å². The van der Waals surface area contributed by atoms with Crippen molar-refractivity contribution in [1.29, 1.82) is 0 Å². The number of para-hydroxylation sites is 1. The van der Waals surface area contributed by atoms with Crippen molar-refractivity contribution in [1.82, 2.24) is 15.0 Å². The molecule has 1 N–H and O–H groups in total. The molecule has 0 radical (unpaired) electrons. The van der Waals surface area contributed by atoms with Crippen LogP contribution in [0.3, 0.4) is 0 Å². The van der Waals surface area contributed by atoms with Crippen molar-refractivity contribution in [2.24, 2.45) is 0 Å². The second-order valence-corrected chi connectivity index (χ2v) is 4.54. The lowest BCUT2D eigenvalue weighted by molar-refractivity contribution is 0.0687. The highest BCUT2D eigenvalue weighted by Gasteiger charge is 2.19. The van der Waals surface area contributed by atoms with Gasteiger partial charge in [0.15, 0.2) is 5.69 Å². The Balaban J connectivity index is 2.21. The summed E-state index contributed by atoms with van der Waals surface area (Å²) in [5, 5.41) is 17.1. The number of nitrogens with zero attached hydrogens (tertiary/aromatic N) is 3. The number of rotatable bonds is 6. The molecule has 0 unspecified atom stereocenters. The zero-order valence-corrected chi connectivity index (χ0v) is 11.7. The first-order valence-corrected chi connectivity index (χ1v) is 6.54. The lowest BCUT2D eigenvalue weighted by atomic mass is 10.3.